The van der Waals surface area contributed by atoms with Gasteiger partial charge in [0.25, 0.3) is 11.8 Å². The van der Waals surface area contributed by atoms with Crippen LogP contribution in [0.25, 0.3) is 0 Å². The zero-order valence-electron chi connectivity index (χ0n) is 31.4. The second-order valence-corrected chi connectivity index (χ2v) is 13.8. The lowest BCUT2D eigenvalue weighted by Crippen LogP contribution is -2.52. The van der Waals surface area contributed by atoms with Crippen molar-refractivity contribution in [2.24, 2.45) is 5.16 Å². The van der Waals surface area contributed by atoms with Crippen molar-refractivity contribution in [1.82, 2.24) is 24.7 Å². The molecule has 5 heterocycles. The zero-order chi connectivity index (χ0) is 40.3. The van der Waals surface area contributed by atoms with Crippen LogP contribution in [0.2, 0.25) is 0 Å². The molecule has 1 saturated heterocycles. The smallest absolute Gasteiger partial charge is 0.418 e. The number of carbonyl (C=O) groups is 4. The standard InChI is InChI=1S/C37H41F2N7O10/c1-21-14-37(56-42-21)11-10-22(2)45-18-28(37)46-17-26(33(48)41-15-23-8-9-25(38)13-27(23)39)30(47)31(29(46)34(45)49)53-20-55-36(51)44(4)32-24(7-6-12-40-32)16-43(3)35(50)54-19-52-5/h6-9,12-13,17,22,28H,10-11,14-16,18-20H2,1-5H3,(H,41,48)/t22-,28+,37-/m0/s1. The number of aromatic nitrogens is 2. The molecule has 6 rings (SSSR count). The van der Waals surface area contributed by atoms with Crippen LogP contribution in [0.4, 0.5) is 24.2 Å². The number of rotatable bonds is 11. The second kappa shape index (κ2) is 16.3. The van der Waals surface area contributed by atoms with Crippen LogP contribution in [0.1, 0.15) is 71.1 Å². The number of nitrogens with zero attached hydrogens (tertiary/aromatic N) is 6. The number of fused-ring (bicyclic) bond motifs is 5. The van der Waals surface area contributed by atoms with Crippen molar-refractivity contribution >= 4 is 35.5 Å². The molecular formula is C37H41F2N7O10. The Morgan fingerprint density at radius 3 is 2.57 bits per heavy atom. The first-order valence-electron chi connectivity index (χ1n) is 17.6. The summed E-state index contributed by atoms with van der Waals surface area (Å²) in [6.45, 7) is 2.35. The zero-order valence-corrected chi connectivity index (χ0v) is 31.4. The molecule has 1 fully saturated rings. The van der Waals surface area contributed by atoms with Gasteiger partial charge in [-0.25, -0.2) is 23.4 Å². The fraction of sp³-hybridized carbons (Fsp3) is 0.432. The van der Waals surface area contributed by atoms with E-state index < -0.39 is 70.8 Å². The first-order valence-corrected chi connectivity index (χ1v) is 17.6. The van der Waals surface area contributed by atoms with Gasteiger partial charge in [0.1, 0.15) is 23.0 Å². The Morgan fingerprint density at radius 1 is 1.09 bits per heavy atom. The van der Waals surface area contributed by atoms with Gasteiger partial charge in [0.15, 0.2) is 18.1 Å². The SMILES string of the molecule is COCOC(=O)N(C)Cc1cccnc1N(C)C(=O)OCOc1c2n(cc(C(=O)NCc3ccc(F)cc3F)c1=O)[C@@H]1CN(C2=O)[C@@H](C)CC[C@]12CC(C)=NO2. The van der Waals surface area contributed by atoms with E-state index in [1.807, 2.05) is 13.8 Å². The van der Waals surface area contributed by atoms with Gasteiger partial charge in [0.05, 0.1) is 18.3 Å². The Balaban J connectivity index is 1.30. The highest BCUT2D eigenvalue weighted by Gasteiger charge is 2.54. The molecule has 19 heteroatoms. The first kappa shape index (κ1) is 39.6. The van der Waals surface area contributed by atoms with E-state index >= 15 is 0 Å². The molecule has 2 bridgehead atoms. The van der Waals surface area contributed by atoms with Gasteiger partial charge in [-0.05, 0) is 38.8 Å². The maximum absolute atomic E-state index is 14.4. The number of oxime groups is 1. The molecular weight excluding hydrogens is 740 g/mol. The molecule has 1 N–H and O–H groups in total. The van der Waals surface area contributed by atoms with Crippen molar-refractivity contribution < 1.29 is 51.7 Å². The van der Waals surface area contributed by atoms with Gasteiger partial charge in [0, 0.05) is 76.3 Å². The van der Waals surface area contributed by atoms with Crippen LogP contribution < -0.4 is 20.4 Å². The Labute approximate surface area is 319 Å². The molecule has 1 aromatic carbocycles. The number of ether oxygens (including phenoxy) is 4. The molecule has 0 unspecified atom stereocenters. The predicted molar refractivity (Wildman–Crippen MR) is 193 cm³/mol. The maximum atomic E-state index is 14.4. The number of amides is 4. The lowest BCUT2D eigenvalue weighted by molar-refractivity contribution is -0.0657. The van der Waals surface area contributed by atoms with Crippen LogP contribution in [-0.4, -0.2) is 102 Å². The number of halogens is 2. The largest absolute Gasteiger partial charge is 0.451 e. The molecule has 2 aromatic heterocycles. The van der Waals surface area contributed by atoms with Gasteiger partial charge in [0.2, 0.25) is 18.0 Å². The lowest BCUT2D eigenvalue weighted by atomic mass is 9.84. The highest BCUT2D eigenvalue weighted by Crippen LogP contribution is 2.46. The van der Waals surface area contributed by atoms with E-state index in [1.165, 1.54) is 43.1 Å². The molecule has 3 aliphatic rings. The molecule has 56 heavy (non-hydrogen) atoms. The van der Waals surface area contributed by atoms with Crippen LogP contribution >= 0.6 is 0 Å². The molecule has 17 nitrogen and oxygen atoms in total. The van der Waals surface area contributed by atoms with E-state index in [4.69, 9.17) is 23.8 Å². The fourth-order valence-corrected chi connectivity index (χ4v) is 7.06. The number of methoxy groups -OCH3 is 1. The Kier molecular flexibility index (Phi) is 11.5. The maximum Gasteiger partial charge on any atom is 0.418 e. The summed E-state index contributed by atoms with van der Waals surface area (Å²) >= 11 is 0. The number of anilines is 1. The van der Waals surface area contributed by atoms with Gasteiger partial charge in [-0.2, -0.15) is 0 Å². The summed E-state index contributed by atoms with van der Waals surface area (Å²) in [6.07, 6.45) is 2.51. The summed E-state index contributed by atoms with van der Waals surface area (Å²) in [7, 11) is 4.23. The van der Waals surface area contributed by atoms with E-state index in [2.05, 4.69) is 15.5 Å². The van der Waals surface area contributed by atoms with Gasteiger partial charge in [-0.3, -0.25) is 19.3 Å². The number of hydrogen-bond acceptors (Lipinski definition) is 12. The third kappa shape index (κ3) is 7.84. The van der Waals surface area contributed by atoms with Crippen LogP contribution in [0.5, 0.6) is 5.75 Å². The normalized spacial score (nSPS) is 19.7. The molecule has 3 aliphatic heterocycles. The van der Waals surface area contributed by atoms with Crippen molar-refractivity contribution in [2.75, 3.05) is 46.2 Å². The van der Waals surface area contributed by atoms with Gasteiger partial charge in [-0.15, -0.1) is 0 Å². The minimum absolute atomic E-state index is 0.000624. The minimum atomic E-state index is -0.997. The molecule has 3 atom stereocenters. The first-order chi connectivity index (χ1) is 26.7. The third-order valence-electron chi connectivity index (χ3n) is 9.99. The Morgan fingerprint density at radius 2 is 1.86 bits per heavy atom. The molecule has 1 spiro atoms. The van der Waals surface area contributed by atoms with E-state index in [9.17, 15) is 32.8 Å². The second-order valence-electron chi connectivity index (χ2n) is 13.8. The number of hydrogen-bond donors (Lipinski definition) is 1. The van der Waals surface area contributed by atoms with Crippen molar-refractivity contribution in [2.45, 2.75) is 63.9 Å². The van der Waals surface area contributed by atoms with Crippen molar-refractivity contribution in [3.05, 3.63) is 87.0 Å². The minimum Gasteiger partial charge on any atom is -0.451 e. The van der Waals surface area contributed by atoms with E-state index in [-0.39, 0.29) is 49.5 Å². The number of benzene rings is 1. The summed E-state index contributed by atoms with van der Waals surface area (Å²) < 4.78 is 50.4. The molecule has 0 radical (unpaired) electrons. The van der Waals surface area contributed by atoms with Crippen LogP contribution in [0.3, 0.4) is 0 Å². The van der Waals surface area contributed by atoms with E-state index in [1.54, 1.807) is 17.0 Å². The highest BCUT2D eigenvalue weighted by atomic mass is 19.1. The summed E-state index contributed by atoms with van der Waals surface area (Å²) in [5.74, 6) is -3.60. The van der Waals surface area contributed by atoms with Crippen LogP contribution in [0, 0.1) is 11.6 Å². The van der Waals surface area contributed by atoms with Crippen molar-refractivity contribution in [3.8, 4) is 5.75 Å². The van der Waals surface area contributed by atoms with Crippen molar-refractivity contribution in [3.63, 3.8) is 0 Å². The molecule has 4 amide bonds. The van der Waals surface area contributed by atoms with Crippen LogP contribution in [-0.2, 0) is 32.1 Å². The summed E-state index contributed by atoms with van der Waals surface area (Å²) in [5.41, 5.74) is -1.42. The molecule has 0 aliphatic carbocycles. The Bertz CT molecular complexity index is 2130. The summed E-state index contributed by atoms with van der Waals surface area (Å²) in [6, 6.07) is 5.23. The highest BCUT2D eigenvalue weighted by molar-refractivity contribution is 5.99. The predicted octanol–water partition coefficient (Wildman–Crippen LogP) is 3.95. The summed E-state index contributed by atoms with van der Waals surface area (Å²) in [5, 5.41) is 6.70. The van der Waals surface area contributed by atoms with Crippen molar-refractivity contribution in [1.29, 1.82) is 0 Å². The van der Waals surface area contributed by atoms with Gasteiger partial charge < -0.3 is 43.5 Å². The average molecular weight is 782 g/mol. The Hall–Kier alpha value is -6.11. The number of nitrogens with one attached hydrogen (secondary N) is 1. The lowest BCUT2D eigenvalue weighted by Gasteiger charge is -2.42. The quantitative estimate of drug-likeness (QED) is 0.278. The van der Waals surface area contributed by atoms with Gasteiger partial charge >= 0.3 is 12.2 Å². The van der Waals surface area contributed by atoms with E-state index in [0.717, 1.165) is 22.7 Å². The van der Waals surface area contributed by atoms with E-state index in [0.29, 0.717) is 30.9 Å². The fourth-order valence-electron chi connectivity index (χ4n) is 7.06. The topological polar surface area (TPSA) is 183 Å². The van der Waals surface area contributed by atoms with Crippen LogP contribution in [0.15, 0.2) is 52.7 Å². The van der Waals surface area contributed by atoms with Gasteiger partial charge in [-0.1, -0.05) is 17.3 Å². The molecule has 3 aromatic rings. The number of pyridine rings is 2. The molecule has 298 valence electrons. The monoisotopic (exact) mass is 781 g/mol. The molecule has 0 saturated carbocycles. The number of carbonyl (C=O) groups excluding carboxylic acids is 4. The average Bonchev–Trinajstić information content (AvgIpc) is 3.51. The third-order valence-corrected chi connectivity index (χ3v) is 9.99. The summed E-state index contributed by atoms with van der Waals surface area (Å²) in [4.78, 5) is 81.9.